The van der Waals surface area contributed by atoms with Crippen molar-refractivity contribution in [3.8, 4) is 5.75 Å². The van der Waals surface area contributed by atoms with Gasteiger partial charge in [0.1, 0.15) is 5.75 Å². The lowest BCUT2D eigenvalue weighted by molar-refractivity contribution is -0.122. The fraction of sp³-hybridized carbons (Fsp3) is 0.125. The maximum Gasteiger partial charge on any atom is 0.267 e. The maximum atomic E-state index is 12.3. The van der Waals surface area contributed by atoms with Crippen LogP contribution in [0.3, 0.4) is 0 Å². The maximum absolute atomic E-state index is 12.3. The smallest absolute Gasteiger partial charge is 0.267 e. The highest BCUT2D eigenvalue weighted by molar-refractivity contribution is 7.22. The Balaban J connectivity index is 1.51. The molecule has 2 aromatic carbocycles. The number of halogens is 1. The number of carbonyl (C=O) groups excluding carboxylic acids is 1. The Morgan fingerprint density at radius 2 is 2.18 bits per heavy atom. The standard InChI is InChI=1S/C16H11ClN2O2S/c17-10-5-6-12-9(7-10)8-13(21-12)15(20)19-16-18-11-3-1-2-4-14(11)22-16/h1-7,13H,8H2,(H,18,19,20). The van der Waals surface area contributed by atoms with Crippen LogP contribution in [0, 0.1) is 0 Å². The third-order valence-corrected chi connectivity index (χ3v) is 4.70. The average molecular weight is 331 g/mol. The summed E-state index contributed by atoms with van der Waals surface area (Å²) in [6, 6.07) is 13.2. The zero-order chi connectivity index (χ0) is 15.1. The second-order valence-electron chi connectivity index (χ2n) is 5.04. The molecular weight excluding hydrogens is 320 g/mol. The molecule has 0 saturated carbocycles. The number of fused-ring (bicyclic) bond motifs is 2. The van der Waals surface area contributed by atoms with Crippen molar-refractivity contribution < 1.29 is 9.53 Å². The normalized spacial score (nSPS) is 16.3. The van der Waals surface area contributed by atoms with Gasteiger partial charge in [-0.1, -0.05) is 35.1 Å². The zero-order valence-corrected chi connectivity index (χ0v) is 12.9. The third-order valence-electron chi connectivity index (χ3n) is 3.51. The van der Waals surface area contributed by atoms with Crippen LogP contribution in [0.2, 0.25) is 5.02 Å². The number of rotatable bonds is 2. The van der Waals surface area contributed by atoms with Gasteiger partial charge in [-0.2, -0.15) is 0 Å². The molecule has 0 aliphatic carbocycles. The first-order valence-corrected chi connectivity index (χ1v) is 8.00. The lowest BCUT2D eigenvalue weighted by atomic mass is 10.1. The Labute approximate surface area is 135 Å². The number of hydrogen-bond donors (Lipinski definition) is 1. The van der Waals surface area contributed by atoms with Crippen LogP contribution < -0.4 is 10.1 Å². The van der Waals surface area contributed by atoms with E-state index in [1.54, 1.807) is 12.1 Å². The molecule has 1 N–H and O–H groups in total. The fourth-order valence-electron chi connectivity index (χ4n) is 2.47. The molecule has 0 bridgehead atoms. The third kappa shape index (κ3) is 2.42. The van der Waals surface area contributed by atoms with E-state index in [2.05, 4.69) is 10.3 Å². The molecule has 0 fully saturated rings. The number of ether oxygens (including phenoxy) is 1. The molecule has 2 heterocycles. The molecule has 4 nitrogen and oxygen atoms in total. The van der Waals surface area contributed by atoms with Crippen LogP contribution in [0.1, 0.15) is 5.56 Å². The molecule has 1 aliphatic rings. The molecule has 0 saturated heterocycles. The van der Waals surface area contributed by atoms with E-state index in [1.165, 1.54) is 11.3 Å². The average Bonchev–Trinajstić information content (AvgIpc) is 3.09. The van der Waals surface area contributed by atoms with E-state index < -0.39 is 6.10 Å². The molecule has 4 rings (SSSR count). The Hall–Kier alpha value is -2.11. The quantitative estimate of drug-likeness (QED) is 0.775. The highest BCUT2D eigenvalue weighted by Gasteiger charge is 2.29. The van der Waals surface area contributed by atoms with Crippen LogP contribution in [0.4, 0.5) is 5.13 Å². The minimum absolute atomic E-state index is 0.189. The van der Waals surface area contributed by atoms with Gasteiger partial charge in [0.15, 0.2) is 11.2 Å². The van der Waals surface area contributed by atoms with Crippen molar-refractivity contribution in [2.45, 2.75) is 12.5 Å². The molecule has 1 aliphatic heterocycles. The Morgan fingerprint density at radius 1 is 1.32 bits per heavy atom. The predicted octanol–water partition coefficient (Wildman–Crippen LogP) is 3.89. The number of nitrogens with one attached hydrogen (secondary N) is 1. The first-order valence-electron chi connectivity index (χ1n) is 6.80. The van der Waals surface area contributed by atoms with Crippen LogP contribution in [0.15, 0.2) is 42.5 Å². The second kappa shape index (κ2) is 5.26. The van der Waals surface area contributed by atoms with Crippen molar-refractivity contribution in [2.24, 2.45) is 0 Å². The van der Waals surface area contributed by atoms with Crippen LogP contribution in [-0.4, -0.2) is 17.0 Å². The van der Waals surface area contributed by atoms with Gasteiger partial charge in [0.2, 0.25) is 0 Å². The number of anilines is 1. The number of carbonyl (C=O) groups is 1. The highest BCUT2D eigenvalue weighted by atomic mass is 35.5. The number of aromatic nitrogens is 1. The Bertz CT molecular complexity index is 844. The van der Waals surface area contributed by atoms with Crippen molar-refractivity contribution in [3.63, 3.8) is 0 Å². The number of thiazole rings is 1. The summed E-state index contributed by atoms with van der Waals surface area (Å²) in [4.78, 5) is 16.7. The molecule has 3 aromatic rings. The number of benzene rings is 2. The first-order chi connectivity index (χ1) is 10.7. The second-order valence-corrected chi connectivity index (χ2v) is 6.51. The van der Waals surface area contributed by atoms with E-state index in [4.69, 9.17) is 16.3 Å². The molecule has 0 spiro atoms. The summed E-state index contributed by atoms with van der Waals surface area (Å²) in [6.07, 6.45) is -0.0208. The van der Waals surface area contributed by atoms with Crippen molar-refractivity contribution in [3.05, 3.63) is 53.1 Å². The van der Waals surface area contributed by atoms with E-state index in [1.807, 2.05) is 30.3 Å². The number of para-hydroxylation sites is 1. The molecule has 110 valence electrons. The lowest BCUT2D eigenvalue weighted by Crippen LogP contribution is -2.31. The Morgan fingerprint density at radius 3 is 3.05 bits per heavy atom. The van der Waals surface area contributed by atoms with Gasteiger partial charge >= 0.3 is 0 Å². The van der Waals surface area contributed by atoms with E-state index in [-0.39, 0.29) is 5.91 Å². The molecule has 1 amide bonds. The van der Waals surface area contributed by atoms with Crippen LogP contribution in [0.25, 0.3) is 10.2 Å². The van der Waals surface area contributed by atoms with E-state index in [0.717, 1.165) is 15.8 Å². The molecule has 22 heavy (non-hydrogen) atoms. The van der Waals surface area contributed by atoms with E-state index in [0.29, 0.717) is 22.3 Å². The minimum Gasteiger partial charge on any atom is -0.480 e. The van der Waals surface area contributed by atoms with Crippen LogP contribution >= 0.6 is 22.9 Å². The minimum atomic E-state index is -0.541. The largest absolute Gasteiger partial charge is 0.480 e. The molecular formula is C16H11ClN2O2S. The van der Waals surface area contributed by atoms with Gasteiger partial charge in [0.05, 0.1) is 10.2 Å². The molecule has 0 radical (unpaired) electrons. The Kier molecular flexibility index (Phi) is 3.24. The first kappa shape index (κ1) is 13.5. The van der Waals surface area contributed by atoms with Crippen molar-refractivity contribution in [1.82, 2.24) is 4.98 Å². The summed E-state index contributed by atoms with van der Waals surface area (Å²) in [7, 11) is 0. The summed E-state index contributed by atoms with van der Waals surface area (Å²) in [5.74, 6) is 0.528. The van der Waals surface area contributed by atoms with Gasteiger partial charge in [0.25, 0.3) is 5.91 Å². The summed E-state index contributed by atoms with van der Waals surface area (Å²) < 4.78 is 6.72. The van der Waals surface area contributed by atoms with Gasteiger partial charge in [-0.3, -0.25) is 10.1 Å². The van der Waals surface area contributed by atoms with Crippen molar-refractivity contribution in [1.29, 1.82) is 0 Å². The highest BCUT2D eigenvalue weighted by Crippen LogP contribution is 2.32. The van der Waals surface area contributed by atoms with Gasteiger partial charge in [-0.05, 0) is 35.9 Å². The van der Waals surface area contributed by atoms with Crippen LogP contribution in [0.5, 0.6) is 5.75 Å². The predicted molar refractivity (Wildman–Crippen MR) is 87.8 cm³/mol. The van der Waals surface area contributed by atoms with Gasteiger partial charge < -0.3 is 4.74 Å². The molecule has 6 heteroatoms. The number of amides is 1. The molecule has 1 unspecified atom stereocenters. The van der Waals surface area contributed by atoms with Gasteiger partial charge in [-0.15, -0.1) is 0 Å². The summed E-state index contributed by atoms with van der Waals surface area (Å²) in [6.45, 7) is 0. The van der Waals surface area contributed by atoms with Crippen molar-refractivity contribution >= 4 is 44.2 Å². The summed E-state index contributed by atoms with van der Waals surface area (Å²) in [5, 5.41) is 4.07. The van der Waals surface area contributed by atoms with E-state index in [9.17, 15) is 4.79 Å². The zero-order valence-electron chi connectivity index (χ0n) is 11.4. The van der Waals surface area contributed by atoms with Gasteiger partial charge in [-0.25, -0.2) is 4.98 Å². The van der Waals surface area contributed by atoms with Crippen molar-refractivity contribution in [2.75, 3.05) is 5.32 Å². The topological polar surface area (TPSA) is 51.2 Å². The van der Waals surface area contributed by atoms with Crippen LogP contribution in [-0.2, 0) is 11.2 Å². The molecule has 1 aromatic heterocycles. The monoisotopic (exact) mass is 330 g/mol. The fourth-order valence-corrected chi connectivity index (χ4v) is 3.54. The molecule has 1 atom stereocenters. The summed E-state index contributed by atoms with van der Waals surface area (Å²) >= 11 is 7.41. The van der Waals surface area contributed by atoms with E-state index >= 15 is 0 Å². The lowest BCUT2D eigenvalue weighted by Gasteiger charge is -2.09. The van der Waals surface area contributed by atoms with Gasteiger partial charge in [0, 0.05) is 11.4 Å². The SMILES string of the molecule is O=C(Nc1nc2ccccc2s1)C1Cc2cc(Cl)ccc2O1. The summed E-state index contributed by atoms with van der Waals surface area (Å²) in [5.41, 5.74) is 1.84. The number of hydrogen-bond acceptors (Lipinski definition) is 4. The number of nitrogens with zero attached hydrogens (tertiary/aromatic N) is 1.